The van der Waals surface area contributed by atoms with Crippen LogP contribution in [0, 0.1) is 0 Å². The second kappa shape index (κ2) is 7.26. The van der Waals surface area contributed by atoms with Crippen LogP contribution in [-0.4, -0.2) is 24.3 Å². The van der Waals surface area contributed by atoms with Crippen molar-refractivity contribution < 1.29 is 14.3 Å². The quantitative estimate of drug-likeness (QED) is 0.677. The summed E-state index contributed by atoms with van der Waals surface area (Å²) in [6, 6.07) is 7.07. The van der Waals surface area contributed by atoms with E-state index in [0.29, 0.717) is 12.2 Å². The van der Waals surface area contributed by atoms with Gasteiger partial charge in [-0.05, 0) is 38.5 Å². The van der Waals surface area contributed by atoms with Crippen molar-refractivity contribution in [2.45, 2.75) is 26.4 Å². The topological polar surface area (TPSA) is 67.8 Å². The third kappa shape index (κ3) is 6.52. The zero-order valence-corrected chi connectivity index (χ0v) is 11.8. The molecular formula is C15H18N2O3. The molecule has 0 saturated carbocycles. The first-order valence-corrected chi connectivity index (χ1v) is 6.22. The SMILES string of the molecule is CC(C)(C)OC(=O)NCC=Cc1ccc(N=C=O)cc1. The molecule has 0 aromatic heterocycles. The molecule has 106 valence electrons. The Morgan fingerprint density at radius 3 is 2.55 bits per heavy atom. The number of hydrogen-bond acceptors (Lipinski definition) is 4. The van der Waals surface area contributed by atoms with Crippen LogP contribution in [0.1, 0.15) is 26.3 Å². The van der Waals surface area contributed by atoms with Gasteiger partial charge in [-0.2, -0.15) is 4.99 Å². The Morgan fingerprint density at radius 1 is 1.35 bits per heavy atom. The number of nitrogens with one attached hydrogen (secondary N) is 1. The van der Waals surface area contributed by atoms with Crippen molar-refractivity contribution in [3.8, 4) is 0 Å². The molecule has 0 bridgehead atoms. The molecular weight excluding hydrogens is 256 g/mol. The number of ether oxygens (including phenoxy) is 1. The van der Waals surface area contributed by atoms with E-state index >= 15 is 0 Å². The number of alkyl carbamates (subject to hydrolysis) is 1. The first-order valence-electron chi connectivity index (χ1n) is 6.22. The molecule has 1 N–H and O–H groups in total. The monoisotopic (exact) mass is 274 g/mol. The van der Waals surface area contributed by atoms with Gasteiger partial charge in [0.2, 0.25) is 6.08 Å². The molecule has 0 radical (unpaired) electrons. The fraction of sp³-hybridized carbons (Fsp3) is 0.333. The maximum absolute atomic E-state index is 11.4. The highest BCUT2D eigenvalue weighted by atomic mass is 16.6. The fourth-order valence-electron chi connectivity index (χ4n) is 1.36. The van der Waals surface area contributed by atoms with E-state index in [0.717, 1.165) is 5.56 Å². The second-order valence-electron chi connectivity index (χ2n) is 5.08. The number of rotatable bonds is 4. The van der Waals surface area contributed by atoms with E-state index in [1.165, 1.54) is 6.08 Å². The van der Waals surface area contributed by atoms with Crippen LogP contribution < -0.4 is 5.32 Å². The van der Waals surface area contributed by atoms with Crippen molar-refractivity contribution in [2.24, 2.45) is 4.99 Å². The molecule has 1 amide bonds. The lowest BCUT2D eigenvalue weighted by molar-refractivity contribution is 0.0534. The molecule has 0 unspecified atom stereocenters. The van der Waals surface area contributed by atoms with Gasteiger partial charge in [-0.15, -0.1) is 0 Å². The molecule has 0 aliphatic carbocycles. The summed E-state index contributed by atoms with van der Waals surface area (Å²) in [5.74, 6) is 0. The molecule has 0 heterocycles. The van der Waals surface area contributed by atoms with Gasteiger partial charge in [-0.25, -0.2) is 9.59 Å². The molecule has 1 aromatic rings. The van der Waals surface area contributed by atoms with Crippen LogP contribution in [0.5, 0.6) is 0 Å². The Hall–Kier alpha value is -2.39. The Morgan fingerprint density at radius 2 is 2.00 bits per heavy atom. The van der Waals surface area contributed by atoms with Gasteiger partial charge in [0, 0.05) is 6.54 Å². The minimum atomic E-state index is -0.497. The largest absolute Gasteiger partial charge is 0.444 e. The van der Waals surface area contributed by atoms with Crippen molar-refractivity contribution >= 4 is 23.9 Å². The van der Waals surface area contributed by atoms with Crippen molar-refractivity contribution in [3.63, 3.8) is 0 Å². The lowest BCUT2D eigenvalue weighted by Crippen LogP contribution is -2.32. The van der Waals surface area contributed by atoms with Crippen LogP contribution in [-0.2, 0) is 9.53 Å². The molecule has 0 atom stereocenters. The number of benzene rings is 1. The van der Waals surface area contributed by atoms with Crippen molar-refractivity contribution in [1.82, 2.24) is 5.32 Å². The minimum absolute atomic E-state index is 0.378. The zero-order valence-electron chi connectivity index (χ0n) is 11.8. The summed E-state index contributed by atoms with van der Waals surface area (Å²) in [7, 11) is 0. The first-order chi connectivity index (χ1) is 9.40. The van der Waals surface area contributed by atoms with E-state index in [-0.39, 0.29) is 0 Å². The van der Waals surface area contributed by atoms with Crippen LogP contribution in [0.4, 0.5) is 10.5 Å². The molecule has 0 spiro atoms. The number of isocyanates is 1. The van der Waals surface area contributed by atoms with E-state index in [4.69, 9.17) is 4.74 Å². The molecule has 5 heteroatoms. The molecule has 0 aliphatic rings. The van der Waals surface area contributed by atoms with Gasteiger partial charge in [0.05, 0.1) is 5.69 Å². The zero-order chi connectivity index (χ0) is 15.0. The van der Waals surface area contributed by atoms with Crippen molar-refractivity contribution in [3.05, 3.63) is 35.9 Å². The van der Waals surface area contributed by atoms with Gasteiger partial charge in [-0.3, -0.25) is 0 Å². The Labute approximate surface area is 118 Å². The average Bonchev–Trinajstić information content (AvgIpc) is 2.35. The normalized spacial score (nSPS) is 10.9. The van der Waals surface area contributed by atoms with Gasteiger partial charge < -0.3 is 10.1 Å². The predicted octanol–water partition coefficient (Wildman–Crippen LogP) is 3.19. The second-order valence-corrected chi connectivity index (χ2v) is 5.08. The number of aliphatic imine (C=N–C) groups is 1. The number of carbonyl (C=O) groups is 1. The lowest BCUT2D eigenvalue weighted by Gasteiger charge is -2.19. The highest BCUT2D eigenvalue weighted by Crippen LogP contribution is 2.12. The van der Waals surface area contributed by atoms with Crippen LogP contribution in [0.2, 0.25) is 0 Å². The van der Waals surface area contributed by atoms with Crippen LogP contribution in [0.3, 0.4) is 0 Å². The fourth-order valence-corrected chi connectivity index (χ4v) is 1.36. The van der Waals surface area contributed by atoms with Gasteiger partial charge in [0.1, 0.15) is 5.60 Å². The van der Waals surface area contributed by atoms with Gasteiger partial charge >= 0.3 is 6.09 Å². The van der Waals surface area contributed by atoms with E-state index in [1.807, 2.05) is 45.1 Å². The number of amides is 1. The van der Waals surface area contributed by atoms with Crippen LogP contribution >= 0.6 is 0 Å². The molecule has 0 saturated heterocycles. The maximum atomic E-state index is 11.4. The Kier molecular flexibility index (Phi) is 5.69. The minimum Gasteiger partial charge on any atom is -0.444 e. The predicted molar refractivity (Wildman–Crippen MR) is 77.5 cm³/mol. The third-order valence-electron chi connectivity index (χ3n) is 2.14. The Balaban J connectivity index is 2.41. The van der Waals surface area contributed by atoms with Gasteiger partial charge in [0.15, 0.2) is 0 Å². The summed E-state index contributed by atoms with van der Waals surface area (Å²) in [4.78, 5) is 24.9. The van der Waals surface area contributed by atoms with E-state index in [1.54, 1.807) is 12.1 Å². The van der Waals surface area contributed by atoms with Gasteiger partial charge in [0.25, 0.3) is 0 Å². The van der Waals surface area contributed by atoms with Crippen molar-refractivity contribution in [1.29, 1.82) is 0 Å². The summed E-state index contributed by atoms with van der Waals surface area (Å²) < 4.78 is 5.10. The number of nitrogens with zero attached hydrogens (tertiary/aromatic N) is 1. The number of hydrogen-bond donors (Lipinski definition) is 1. The summed E-state index contributed by atoms with van der Waals surface area (Å²) in [6.07, 6.45) is 4.70. The molecule has 0 fully saturated rings. The summed E-state index contributed by atoms with van der Waals surface area (Å²) >= 11 is 0. The van der Waals surface area contributed by atoms with E-state index in [9.17, 15) is 9.59 Å². The Bertz CT molecular complexity index is 521. The smallest absolute Gasteiger partial charge is 0.407 e. The molecule has 1 aromatic carbocycles. The average molecular weight is 274 g/mol. The standard InChI is InChI=1S/C15H18N2O3/c1-15(2,3)20-14(19)16-10-4-5-12-6-8-13(9-7-12)17-11-18/h4-9H,10H2,1-3H3,(H,16,19). The summed E-state index contributed by atoms with van der Waals surface area (Å²) in [5.41, 5.74) is 1.01. The third-order valence-corrected chi connectivity index (χ3v) is 2.14. The summed E-state index contributed by atoms with van der Waals surface area (Å²) in [5, 5.41) is 2.62. The van der Waals surface area contributed by atoms with Gasteiger partial charge in [-0.1, -0.05) is 24.3 Å². The lowest BCUT2D eigenvalue weighted by atomic mass is 10.2. The summed E-state index contributed by atoms with van der Waals surface area (Å²) in [6.45, 7) is 5.81. The van der Waals surface area contributed by atoms with E-state index < -0.39 is 11.7 Å². The highest BCUT2D eigenvalue weighted by molar-refractivity contribution is 5.68. The molecule has 1 rings (SSSR count). The molecule has 5 nitrogen and oxygen atoms in total. The maximum Gasteiger partial charge on any atom is 0.407 e. The highest BCUT2D eigenvalue weighted by Gasteiger charge is 2.14. The molecule has 0 aliphatic heterocycles. The van der Waals surface area contributed by atoms with E-state index in [2.05, 4.69) is 10.3 Å². The number of carbonyl (C=O) groups excluding carboxylic acids is 2. The molecule has 20 heavy (non-hydrogen) atoms. The van der Waals surface area contributed by atoms with Crippen molar-refractivity contribution in [2.75, 3.05) is 6.54 Å². The van der Waals surface area contributed by atoms with Crippen LogP contribution in [0.15, 0.2) is 35.3 Å². The van der Waals surface area contributed by atoms with Crippen LogP contribution in [0.25, 0.3) is 6.08 Å². The first kappa shape index (κ1) is 15.7.